The largest absolute Gasteiger partial charge is 0.496 e. The molecule has 0 aromatic heterocycles. The molecule has 0 heterocycles. The number of rotatable bonds is 4. The summed E-state index contributed by atoms with van der Waals surface area (Å²) in [7, 11) is 1.53. The quantitative estimate of drug-likeness (QED) is 0.835. The second kappa shape index (κ2) is 5.87. The van der Waals surface area contributed by atoms with Gasteiger partial charge in [-0.25, -0.2) is 0 Å². The first-order valence-corrected chi connectivity index (χ1v) is 5.84. The van der Waals surface area contributed by atoms with Gasteiger partial charge in [0.25, 0.3) is 0 Å². The van der Waals surface area contributed by atoms with E-state index in [0.29, 0.717) is 11.3 Å². The molecule has 1 aromatic rings. The summed E-state index contributed by atoms with van der Waals surface area (Å²) in [6.45, 7) is 5.23. The van der Waals surface area contributed by atoms with Gasteiger partial charge in [0.05, 0.1) is 12.5 Å². The molecule has 1 rings (SSSR count). The van der Waals surface area contributed by atoms with E-state index >= 15 is 0 Å². The molecule has 0 saturated heterocycles. The van der Waals surface area contributed by atoms with E-state index in [1.165, 1.54) is 7.11 Å². The monoisotopic (exact) mass is 252 g/mol. The minimum Gasteiger partial charge on any atom is -0.496 e. The Kier molecular flexibility index (Phi) is 4.73. The Labute approximate surface area is 108 Å². The number of para-hydroxylation sites is 1. The first-order valence-electron chi connectivity index (χ1n) is 5.84. The Bertz CT molecular complexity index is 407. The van der Waals surface area contributed by atoms with Crippen molar-refractivity contribution in [1.82, 2.24) is 0 Å². The van der Waals surface area contributed by atoms with Gasteiger partial charge >= 0.3 is 5.97 Å². The van der Waals surface area contributed by atoms with Gasteiger partial charge in [0.2, 0.25) is 0 Å². The lowest BCUT2D eigenvalue weighted by Crippen LogP contribution is -2.25. The zero-order valence-corrected chi connectivity index (χ0v) is 11.3. The van der Waals surface area contributed by atoms with E-state index in [1.807, 2.05) is 6.07 Å². The molecule has 0 aliphatic carbocycles. The van der Waals surface area contributed by atoms with E-state index in [2.05, 4.69) is 0 Å². The van der Waals surface area contributed by atoms with Crippen molar-refractivity contribution in [3.8, 4) is 5.75 Å². The van der Waals surface area contributed by atoms with Crippen molar-refractivity contribution in [2.45, 2.75) is 26.9 Å². The molecule has 4 nitrogen and oxygen atoms in total. The molecule has 0 radical (unpaired) electrons. The number of aliphatic hydroxyl groups excluding tert-OH is 1. The fourth-order valence-electron chi connectivity index (χ4n) is 1.40. The molecular weight excluding hydrogens is 232 g/mol. The predicted molar refractivity (Wildman–Crippen MR) is 68.4 cm³/mol. The highest BCUT2D eigenvalue weighted by Gasteiger charge is 2.24. The zero-order chi connectivity index (χ0) is 13.8. The number of carbonyl (C=O) groups is 1. The van der Waals surface area contributed by atoms with Crippen LogP contribution >= 0.6 is 0 Å². The number of aliphatic hydroxyl groups is 1. The average molecular weight is 252 g/mol. The SMILES string of the molecule is COc1ccccc1[C@@H](O)COC(=O)C(C)(C)C. The Morgan fingerprint density at radius 3 is 2.50 bits per heavy atom. The van der Waals surface area contributed by atoms with Crippen LogP contribution in [0.15, 0.2) is 24.3 Å². The topological polar surface area (TPSA) is 55.8 Å². The molecule has 0 amide bonds. The lowest BCUT2D eigenvalue weighted by molar-refractivity contribution is -0.156. The maximum atomic E-state index is 11.6. The number of hydrogen-bond acceptors (Lipinski definition) is 4. The van der Waals surface area contributed by atoms with Gasteiger partial charge in [-0.15, -0.1) is 0 Å². The van der Waals surface area contributed by atoms with Crippen LogP contribution in [0.4, 0.5) is 0 Å². The van der Waals surface area contributed by atoms with Gasteiger partial charge in [-0.2, -0.15) is 0 Å². The van der Waals surface area contributed by atoms with Crippen LogP contribution in [0.3, 0.4) is 0 Å². The van der Waals surface area contributed by atoms with E-state index in [1.54, 1.807) is 39.0 Å². The van der Waals surface area contributed by atoms with Crippen LogP contribution in [0.2, 0.25) is 0 Å². The van der Waals surface area contributed by atoms with Crippen molar-refractivity contribution in [2.75, 3.05) is 13.7 Å². The average Bonchev–Trinajstić information content (AvgIpc) is 2.34. The van der Waals surface area contributed by atoms with Gasteiger partial charge in [-0.3, -0.25) is 4.79 Å². The van der Waals surface area contributed by atoms with Crippen LogP contribution in [0.5, 0.6) is 5.75 Å². The molecule has 0 saturated carbocycles. The highest BCUT2D eigenvalue weighted by atomic mass is 16.5. The molecule has 0 bridgehead atoms. The summed E-state index contributed by atoms with van der Waals surface area (Å²) < 4.78 is 10.2. The minimum absolute atomic E-state index is 0.0729. The summed E-state index contributed by atoms with van der Waals surface area (Å²) in [6.07, 6.45) is -0.882. The smallest absolute Gasteiger partial charge is 0.311 e. The summed E-state index contributed by atoms with van der Waals surface area (Å²) >= 11 is 0. The summed E-state index contributed by atoms with van der Waals surface area (Å²) in [5.41, 5.74) is 0.0437. The fourth-order valence-corrected chi connectivity index (χ4v) is 1.40. The fraction of sp³-hybridized carbons (Fsp3) is 0.500. The van der Waals surface area contributed by atoms with E-state index in [4.69, 9.17) is 9.47 Å². The Morgan fingerprint density at radius 1 is 1.33 bits per heavy atom. The molecule has 0 unspecified atom stereocenters. The molecule has 0 aliphatic heterocycles. The lowest BCUT2D eigenvalue weighted by Gasteiger charge is -2.19. The first-order chi connectivity index (χ1) is 8.36. The van der Waals surface area contributed by atoms with Gasteiger partial charge in [-0.05, 0) is 26.8 Å². The molecule has 1 N–H and O–H groups in total. The van der Waals surface area contributed by atoms with Crippen molar-refractivity contribution in [3.05, 3.63) is 29.8 Å². The predicted octanol–water partition coefficient (Wildman–Crippen LogP) is 2.32. The number of ether oxygens (including phenoxy) is 2. The van der Waals surface area contributed by atoms with Gasteiger partial charge < -0.3 is 14.6 Å². The standard InChI is InChI=1S/C14H20O4/c1-14(2,3)13(16)18-9-11(15)10-7-5-6-8-12(10)17-4/h5-8,11,15H,9H2,1-4H3/t11-/m0/s1. The number of benzene rings is 1. The van der Waals surface area contributed by atoms with Crippen LogP contribution in [-0.2, 0) is 9.53 Å². The van der Waals surface area contributed by atoms with Crippen molar-refractivity contribution in [3.63, 3.8) is 0 Å². The molecule has 1 atom stereocenters. The van der Waals surface area contributed by atoms with Gasteiger partial charge in [0, 0.05) is 5.56 Å². The molecule has 100 valence electrons. The summed E-state index contributed by atoms with van der Waals surface area (Å²) in [6, 6.07) is 7.11. The first kappa shape index (κ1) is 14.5. The highest BCUT2D eigenvalue weighted by Crippen LogP contribution is 2.25. The third-order valence-electron chi connectivity index (χ3n) is 2.48. The van der Waals surface area contributed by atoms with E-state index in [0.717, 1.165) is 0 Å². The summed E-state index contributed by atoms with van der Waals surface area (Å²) in [5.74, 6) is 0.244. The zero-order valence-electron chi connectivity index (χ0n) is 11.3. The number of carbonyl (C=O) groups excluding carboxylic acids is 1. The third kappa shape index (κ3) is 3.74. The minimum atomic E-state index is -0.882. The molecule has 0 fully saturated rings. The van der Waals surface area contributed by atoms with Crippen LogP contribution in [0, 0.1) is 5.41 Å². The Hall–Kier alpha value is -1.55. The Balaban J connectivity index is 2.66. The van der Waals surface area contributed by atoms with E-state index in [-0.39, 0.29) is 12.6 Å². The third-order valence-corrected chi connectivity index (χ3v) is 2.48. The summed E-state index contributed by atoms with van der Waals surface area (Å²) in [4.78, 5) is 11.6. The van der Waals surface area contributed by atoms with Crippen molar-refractivity contribution >= 4 is 5.97 Å². The van der Waals surface area contributed by atoms with Gasteiger partial charge in [-0.1, -0.05) is 18.2 Å². The van der Waals surface area contributed by atoms with Crippen LogP contribution in [-0.4, -0.2) is 24.8 Å². The molecule has 0 spiro atoms. The van der Waals surface area contributed by atoms with Crippen LogP contribution < -0.4 is 4.74 Å². The molecule has 18 heavy (non-hydrogen) atoms. The maximum absolute atomic E-state index is 11.6. The molecular formula is C14H20O4. The van der Waals surface area contributed by atoms with Gasteiger partial charge in [0.1, 0.15) is 18.5 Å². The maximum Gasteiger partial charge on any atom is 0.311 e. The van der Waals surface area contributed by atoms with Crippen LogP contribution in [0.25, 0.3) is 0 Å². The lowest BCUT2D eigenvalue weighted by atomic mass is 9.97. The van der Waals surface area contributed by atoms with Crippen molar-refractivity contribution in [1.29, 1.82) is 0 Å². The van der Waals surface area contributed by atoms with Crippen LogP contribution in [0.1, 0.15) is 32.4 Å². The highest BCUT2D eigenvalue weighted by molar-refractivity contribution is 5.75. The molecule has 0 aliphatic rings. The Morgan fingerprint density at radius 2 is 1.94 bits per heavy atom. The van der Waals surface area contributed by atoms with E-state index < -0.39 is 11.5 Å². The van der Waals surface area contributed by atoms with E-state index in [9.17, 15) is 9.90 Å². The molecule has 4 heteroatoms. The second-order valence-corrected chi connectivity index (χ2v) is 5.11. The molecule has 1 aromatic carbocycles. The van der Waals surface area contributed by atoms with Crippen molar-refractivity contribution in [2.24, 2.45) is 5.41 Å². The summed E-state index contributed by atoms with van der Waals surface area (Å²) in [5, 5.41) is 9.99. The van der Waals surface area contributed by atoms with Crippen molar-refractivity contribution < 1.29 is 19.4 Å². The number of methoxy groups -OCH3 is 1. The normalized spacial score (nSPS) is 12.9. The second-order valence-electron chi connectivity index (χ2n) is 5.11. The van der Waals surface area contributed by atoms with Gasteiger partial charge in [0.15, 0.2) is 0 Å². The number of esters is 1. The number of hydrogen-bond donors (Lipinski definition) is 1.